The van der Waals surface area contributed by atoms with E-state index in [2.05, 4.69) is 6.92 Å². The molecule has 2 saturated carbocycles. The van der Waals surface area contributed by atoms with Gasteiger partial charge in [0.2, 0.25) is 0 Å². The molecule has 4 nitrogen and oxygen atoms in total. The van der Waals surface area contributed by atoms with E-state index >= 15 is 0 Å². The first kappa shape index (κ1) is 32.4. The normalized spacial score (nSPS) is 31.5. The van der Waals surface area contributed by atoms with Crippen molar-refractivity contribution in [2.45, 2.75) is 82.4 Å². The second kappa shape index (κ2) is 12.8. The van der Waals surface area contributed by atoms with Crippen molar-refractivity contribution in [3.05, 3.63) is 29.3 Å². The van der Waals surface area contributed by atoms with Gasteiger partial charge in [0, 0.05) is 20.4 Å². The molecule has 0 aromatic heterocycles. The number of hydrogen-bond donors (Lipinski definition) is 1. The number of fused-ring (bicyclic) bond motifs is 5. The first-order chi connectivity index (χ1) is 17.4. The molecule has 38 heavy (non-hydrogen) atoms. The fourth-order valence-corrected chi connectivity index (χ4v) is 12.7. The van der Waals surface area contributed by atoms with E-state index in [1.165, 1.54) is 12.0 Å². The predicted octanol–water partition coefficient (Wildman–Crippen LogP) is 2.69. The molecule has 12 heteroatoms. The number of aliphatic hydroxyl groups is 1. The van der Waals surface area contributed by atoms with Gasteiger partial charge in [0.05, 0.1) is 0 Å². The van der Waals surface area contributed by atoms with Gasteiger partial charge in [-0.1, -0.05) is 0 Å². The fourth-order valence-electron chi connectivity index (χ4n) is 7.01. The van der Waals surface area contributed by atoms with Gasteiger partial charge < -0.3 is 0 Å². The Morgan fingerprint density at radius 1 is 1.21 bits per heavy atom. The van der Waals surface area contributed by atoms with E-state index in [4.69, 9.17) is 4.74 Å². The minimum Gasteiger partial charge on any atom is 0 e. The van der Waals surface area contributed by atoms with E-state index in [1.807, 2.05) is 12.1 Å². The number of halogens is 6. The zero-order chi connectivity index (χ0) is 27.0. The summed E-state index contributed by atoms with van der Waals surface area (Å²) in [6.45, 7) is 3.65. The van der Waals surface area contributed by atoms with Crippen LogP contribution in [-0.2, 0) is 39.6 Å². The summed E-state index contributed by atoms with van der Waals surface area (Å²) in [6.07, 6.45) is -2.46. The SMILES string of the molecule is CC12CCC3c4ccc(O[C-]=O)cc4CC(CC[I-]S(=O)CCCC(F)(F)C(F)(F)F)C3C1CCC2O.[Re]. The molecule has 0 bridgehead atoms. The molecule has 4 rings (SSSR count). The Hall–Kier alpha value is -0.158. The van der Waals surface area contributed by atoms with E-state index in [0.717, 1.165) is 44.1 Å². The molecule has 0 spiro atoms. The average Bonchev–Trinajstić information content (AvgIpc) is 3.12. The number of hydrogen-bond acceptors (Lipinski definition) is 4. The summed E-state index contributed by atoms with van der Waals surface area (Å²) in [5, 5.41) is 10.8. The third kappa shape index (κ3) is 6.66. The Morgan fingerprint density at radius 3 is 2.63 bits per heavy atom. The van der Waals surface area contributed by atoms with E-state index in [-0.39, 0.29) is 43.6 Å². The monoisotopic (exact) mass is 849 g/mol. The van der Waals surface area contributed by atoms with Gasteiger partial charge in [-0.25, -0.2) is 0 Å². The van der Waals surface area contributed by atoms with Crippen LogP contribution in [0.4, 0.5) is 22.0 Å². The van der Waals surface area contributed by atoms with Gasteiger partial charge in [0.15, 0.2) is 0 Å². The van der Waals surface area contributed by atoms with Gasteiger partial charge in [-0.15, -0.1) is 0 Å². The van der Waals surface area contributed by atoms with Crippen LogP contribution >= 0.6 is 0 Å². The minimum absolute atomic E-state index is 0. The smallest absolute Gasteiger partial charge is 0 e. The number of rotatable bonds is 10. The topological polar surface area (TPSA) is 63.6 Å². The Labute approximate surface area is 245 Å². The molecule has 0 saturated heterocycles. The van der Waals surface area contributed by atoms with Crippen molar-refractivity contribution < 1.29 is 81.0 Å². The van der Waals surface area contributed by atoms with Crippen molar-refractivity contribution in [1.82, 2.24) is 0 Å². The summed E-state index contributed by atoms with van der Waals surface area (Å²) < 4.78 is 81.4. The summed E-state index contributed by atoms with van der Waals surface area (Å²) in [6, 6.07) is 5.70. The Bertz CT molecular complexity index is 1010. The van der Waals surface area contributed by atoms with Crippen molar-refractivity contribution in [3.63, 3.8) is 0 Å². The predicted molar refractivity (Wildman–Crippen MR) is 125 cm³/mol. The summed E-state index contributed by atoms with van der Waals surface area (Å²) in [5.74, 6) is -3.12. The van der Waals surface area contributed by atoms with E-state index in [0.29, 0.717) is 27.9 Å². The van der Waals surface area contributed by atoms with Crippen LogP contribution < -0.4 is 24.6 Å². The second-order valence-electron chi connectivity index (χ2n) is 10.8. The maximum Gasteiger partial charge on any atom is 0 e. The van der Waals surface area contributed by atoms with Gasteiger partial charge in [-0.2, -0.15) is 0 Å². The molecule has 1 N–H and O–H groups in total. The standard InChI is InChI=1S/C26H32F5IO4S.Re/c1-24-10-7-20-19-4-3-18(36-15-33)14-17(19)13-16(23(20)21(24)5-6-22(24)34)8-11-32-37(35)12-2-9-25(27,28)26(29,30)31;/h3-4,14,16,20-23,34H,2,5-13H2,1H3;/q-2;. The molecule has 217 valence electrons. The third-order valence-electron chi connectivity index (χ3n) is 8.87. The van der Waals surface area contributed by atoms with Crippen LogP contribution in [0.2, 0.25) is 0 Å². The molecule has 7 unspecified atom stereocenters. The first-order valence-corrected chi connectivity index (χ1v) is 18.0. The Morgan fingerprint density at radius 2 is 1.95 bits per heavy atom. The van der Waals surface area contributed by atoms with E-state index < -0.39 is 52.7 Å². The second-order valence-corrected chi connectivity index (χ2v) is 17.9. The summed E-state index contributed by atoms with van der Waals surface area (Å²) in [5.41, 5.74) is 2.25. The number of aliphatic hydroxyl groups excluding tert-OH is 1. The van der Waals surface area contributed by atoms with Crippen molar-refractivity contribution >= 4 is 14.4 Å². The Kier molecular flexibility index (Phi) is 10.9. The van der Waals surface area contributed by atoms with Crippen LogP contribution in [0, 0.1) is 23.2 Å². The maximum atomic E-state index is 13.1. The number of ether oxygens (including phenoxy) is 1. The van der Waals surface area contributed by atoms with Gasteiger partial charge >= 0.3 is 226 Å². The first-order valence-electron chi connectivity index (χ1n) is 12.6. The molecule has 3 aliphatic rings. The molecule has 0 aliphatic heterocycles. The van der Waals surface area contributed by atoms with Gasteiger partial charge in [0.25, 0.3) is 0 Å². The molecule has 3 aliphatic carbocycles. The van der Waals surface area contributed by atoms with Gasteiger partial charge in [-0.05, 0) is 0 Å². The van der Waals surface area contributed by atoms with Crippen LogP contribution in [0.25, 0.3) is 0 Å². The molecule has 7 atom stereocenters. The van der Waals surface area contributed by atoms with Crippen molar-refractivity contribution in [3.8, 4) is 5.75 Å². The van der Waals surface area contributed by atoms with Crippen molar-refractivity contribution in [1.29, 1.82) is 0 Å². The molecule has 0 amide bonds. The van der Waals surface area contributed by atoms with Crippen LogP contribution in [0.1, 0.15) is 68.9 Å². The quantitative estimate of drug-likeness (QED) is 0.130. The van der Waals surface area contributed by atoms with E-state index in [9.17, 15) is 36.1 Å². The van der Waals surface area contributed by atoms with Gasteiger partial charge in [-0.3, -0.25) is 0 Å². The largest absolute Gasteiger partial charge is 0 e. The molecule has 1 radical (unpaired) electrons. The summed E-state index contributed by atoms with van der Waals surface area (Å²) in [4.78, 5) is 10.7. The number of alkyl halides is 6. The zero-order valence-electron chi connectivity index (χ0n) is 20.9. The van der Waals surface area contributed by atoms with Gasteiger partial charge in [0.1, 0.15) is 0 Å². The minimum atomic E-state index is -5.58. The number of carbonyl (C=O) groups excluding carboxylic acids is 1. The molecular weight excluding hydrogens is 816 g/mol. The fraction of sp³-hybridized carbons (Fsp3) is 0.731. The summed E-state index contributed by atoms with van der Waals surface area (Å²) in [7, 11) is -1.36. The van der Waals surface area contributed by atoms with Crippen molar-refractivity contribution in [2.24, 2.45) is 23.2 Å². The zero-order valence-corrected chi connectivity index (χ0v) is 26.6. The molecule has 1 aromatic carbocycles. The van der Waals surface area contributed by atoms with Crippen LogP contribution in [-0.4, -0.2) is 44.2 Å². The molecular formula is C26H32F5IO4ReS-2. The van der Waals surface area contributed by atoms with E-state index in [1.54, 1.807) is 6.07 Å². The average molecular weight is 849 g/mol. The number of benzene rings is 1. The third-order valence-corrected chi connectivity index (χ3v) is 15.2. The Balaban J connectivity index is 0.00000400. The van der Waals surface area contributed by atoms with Crippen molar-refractivity contribution in [2.75, 3.05) is 10.2 Å². The van der Waals surface area contributed by atoms with Crippen LogP contribution in [0.5, 0.6) is 5.75 Å². The van der Waals surface area contributed by atoms with Crippen LogP contribution in [0.15, 0.2) is 18.2 Å². The summed E-state index contributed by atoms with van der Waals surface area (Å²) >= 11 is -0.865. The van der Waals surface area contributed by atoms with Crippen LogP contribution in [0.3, 0.4) is 0 Å². The maximum absolute atomic E-state index is 13.1. The molecule has 0 heterocycles. The molecule has 2 fully saturated rings. The molecule has 1 aromatic rings.